The van der Waals surface area contributed by atoms with Crippen LogP contribution >= 0.6 is 24.0 Å². The Morgan fingerprint density at radius 2 is 1.89 bits per heavy atom. The fourth-order valence-electron chi connectivity index (χ4n) is 3.89. The van der Waals surface area contributed by atoms with Gasteiger partial charge in [-0.05, 0) is 60.2 Å². The van der Waals surface area contributed by atoms with Gasteiger partial charge in [0.15, 0.2) is 11.5 Å². The van der Waals surface area contributed by atoms with Crippen LogP contribution in [0, 0.1) is 5.82 Å². The first-order valence-electron chi connectivity index (χ1n) is 11.0. The van der Waals surface area contributed by atoms with E-state index in [2.05, 4.69) is 4.98 Å². The highest BCUT2D eigenvalue weighted by atomic mass is 32.2. The van der Waals surface area contributed by atoms with Crippen LogP contribution in [0.15, 0.2) is 76.6 Å². The van der Waals surface area contributed by atoms with Crippen molar-refractivity contribution in [2.75, 3.05) is 6.79 Å². The molecule has 0 N–H and O–H groups in total. The number of carbonyl (C=O) groups is 1. The molecule has 0 radical (unpaired) electrons. The molecular weight excluding hydrogens is 517 g/mol. The molecule has 4 heterocycles. The van der Waals surface area contributed by atoms with Crippen LogP contribution < -0.4 is 19.8 Å². The van der Waals surface area contributed by atoms with Gasteiger partial charge in [-0.15, -0.1) is 0 Å². The number of fused-ring (bicyclic) bond motifs is 2. The molecule has 0 aliphatic carbocycles. The van der Waals surface area contributed by atoms with Crippen LogP contribution in [0.5, 0.6) is 23.1 Å². The molecule has 11 heteroatoms. The molecule has 2 aromatic carbocycles. The molecule has 0 bridgehead atoms. The summed E-state index contributed by atoms with van der Waals surface area (Å²) in [6.07, 6.45) is 3.01. The Morgan fingerprint density at radius 3 is 2.73 bits per heavy atom. The fraction of sp³-hybridized carbons (Fsp3) is 0.0769. The third-order valence-corrected chi connectivity index (χ3v) is 7.07. The number of thioether (sulfide) groups is 1. The molecule has 4 aromatic rings. The van der Waals surface area contributed by atoms with Crippen LogP contribution in [0.3, 0.4) is 0 Å². The largest absolute Gasteiger partial charge is 0.454 e. The SMILES string of the molecule is O=C1/C(=C\c2c(Oc3ccc(F)cc3)nc3ccccn3c2=O)SC(=S)N1Cc1ccc2c(c1)OCO2. The highest BCUT2D eigenvalue weighted by molar-refractivity contribution is 8.26. The summed E-state index contributed by atoms with van der Waals surface area (Å²) in [5, 5.41) is 0. The maximum Gasteiger partial charge on any atom is 0.269 e. The molecule has 8 nitrogen and oxygen atoms in total. The number of carbonyl (C=O) groups excluding carboxylic acids is 1. The number of nitrogens with zero attached hydrogens (tertiary/aromatic N) is 3. The van der Waals surface area contributed by atoms with Gasteiger partial charge in [0, 0.05) is 6.20 Å². The molecule has 0 saturated carbocycles. The summed E-state index contributed by atoms with van der Waals surface area (Å²) < 4.78 is 31.7. The van der Waals surface area contributed by atoms with E-state index >= 15 is 0 Å². The average Bonchev–Trinajstić information content (AvgIpc) is 3.47. The molecule has 2 aliphatic rings. The number of rotatable bonds is 5. The molecule has 2 aliphatic heterocycles. The number of aromatic nitrogens is 2. The van der Waals surface area contributed by atoms with Crippen LogP contribution in [0.2, 0.25) is 0 Å². The van der Waals surface area contributed by atoms with Crippen molar-refractivity contribution in [3.8, 4) is 23.1 Å². The maximum atomic E-state index is 13.4. The Kier molecular flexibility index (Phi) is 5.85. The second kappa shape index (κ2) is 9.34. The van der Waals surface area contributed by atoms with Crippen molar-refractivity contribution in [2.24, 2.45) is 0 Å². The van der Waals surface area contributed by atoms with E-state index in [1.54, 1.807) is 36.5 Å². The molecule has 6 rings (SSSR count). The van der Waals surface area contributed by atoms with Crippen molar-refractivity contribution < 1.29 is 23.4 Å². The van der Waals surface area contributed by atoms with E-state index in [-0.39, 0.29) is 35.6 Å². The summed E-state index contributed by atoms with van der Waals surface area (Å²) in [5.41, 5.74) is 0.812. The van der Waals surface area contributed by atoms with Crippen LogP contribution in [-0.2, 0) is 11.3 Å². The maximum absolute atomic E-state index is 13.4. The minimum absolute atomic E-state index is 0.0103. The van der Waals surface area contributed by atoms with Gasteiger partial charge in [0.1, 0.15) is 27.1 Å². The van der Waals surface area contributed by atoms with Gasteiger partial charge < -0.3 is 14.2 Å². The van der Waals surface area contributed by atoms with Gasteiger partial charge in [-0.2, -0.15) is 4.98 Å². The minimum atomic E-state index is -0.427. The summed E-state index contributed by atoms with van der Waals surface area (Å²) >= 11 is 6.56. The molecule has 0 spiro atoms. The predicted octanol–water partition coefficient (Wildman–Crippen LogP) is 4.76. The average molecular weight is 534 g/mol. The van der Waals surface area contributed by atoms with Gasteiger partial charge in [0.05, 0.1) is 11.4 Å². The summed E-state index contributed by atoms with van der Waals surface area (Å²) in [4.78, 5) is 32.9. The van der Waals surface area contributed by atoms with E-state index < -0.39 is 11.4 Å². The Morgan fingerprint density at radius 1 is 1.08 bits per heavy atom. The first-order chi connectivity index (χ1) is 18.0. The Bertz CT molecular complexity index is 1670. The van der Waals surface area contributed by atoms with Gasteiger partial charge in [0.2, 0.25) is 12.7 Å². The van der Waals surface area contributed by atoms with Crippen LogP contribution in [-0.4, -0.2) is 31.3 Å². The van der Waals surface area contributed by atoms with Gasteiger partial charge in [0.25, 0.3) is 11.5 Å². The molecule has 1 amide bonds. The summed E-state index contributed by atoms with van der Waals surface area (Å²) in [6.45, 7) is 0.382. The highest BCUT2D eigenvalue weighted by Gasteiger charge is 2.33. The number of thiocarbonyl (C=S) groups is 1. The van der Waals surface area contributed by atoms with Gasteiger partial charge in [-0.1, -0.05) is 36.1 Å². The van der Waals surface area contributed by atoms with E-state index in [9.17, 15) is 14.0 Å². The van der Waals surface area contributed by atoms with Crippen molar-refractivity contribution >= 4 is 45.9 Å². The molecular formula is C26H16FN3O5S2. The van der Waals surface area contributed by atoms with Crippen molar-refractivity contribution in [2.45, 2.75) is 6.54 Å². The molecule has 1 fully saturated rings. The quantitative estimate of drug-likeness (QED) is 0.268. The van der Waals surface area contributed by atoms with E-state index in [4.69, 9.17) is 26.4 Å². The third kappa shape index (κ3) is 4.43. The number of hydrogen-bond donors (Lipinski definition) is 0. The zero-order valence-corrected chi connectivity index (χ0v) is 20.6. The van der Waals surface area contributed by atoms with Crippen LogP contribution in [0.4, 0.5) is 4.39 Å². The minimum Gasteiger partial charge on any atom is -0.454 e. The Hall–Kier alpha value is -4.22. The number of hydrogen-bond acceptors (Lipinski definition) is 8. The number of pyridine rings is 1. The lowest BCUT2D eigenvalue weighted by Gasteiger charge is -2.14. The zero-order chi connectivity index (χ0) is 25.5. The van der Waals surface area contributed by atoms with Crippen LogP contribution in [0.25, 0.3) is 11.7 Å². The number of halogens is 1. The van der Waals surface area contributed by atoms with Crippen molar-refractivity contribution in [1.82, 2.24) is 14.3 Å². The van der Waals surface area contributed by atoms with Gasteiger partial charge in [-0.25, -0.2) is 4.39 Å². The smallest absolute Gasteiger partial charge is 0.269 e. The first-order valence-corrected chi connectivity index (χ1v) is 12.3. The Labute approximate surface area is 218 Å². The lowest BCUT2D eigenvalue weighted by Crippen LogP contribution is -2.27. The molecule has 184 valence electrons. The number of benzene rings is 2. The molecule has 0 unspecified atom stereocenters. The van der Waals surface area contributed by atoms with Crippen molar-refractivity contribution in [3.63, 3.8) is 0 Å². The third-order valence-electron chi connectivity index (χ3n) is 5.69. The lowest BCUT2D eigenvalue weighted by molar-refractivity contribution is -0.122. The Balaban J connectivity index is 1.36. The topological polar surface area (TPSA) is 82.4 Å². The number of ether oxygens (including phenoxy) is 3. The summed E-state index contributed by atoms with van der Waals surface area (Å²) in [5.74, 6) is 0.758. The van der Waals surface area contributed by atoms with E-state index in [0.29, 0.717) is 27.2 Å². The van der Waals surface area contributed by atoms with E-state index in [1.165, 1.54) is 39.6 Å². The normalized spacial score (nSPS) is 15.7. The summed E-state index contributed by atoms with van der Waals surface area (Å²) in [7, 11) is 0. The number of amides is 1. The fourth-order valence-corrected chi connectivity index (χ4v) is 5.12. The molecule has 0 atom stereocenters. The molecule has 37 heavy (non-hydrogen) atoms. The monoisotopic (exact) mass is 533 g/mol. The van der Waals surface area contributed by atoms with Crippen LogP contribution in [0.1, 0.15) is 11.1 Å². The lowest BCUT2D eigenvalue weighted by atomic mass is 10.2. The standard InChI is InChI=1S/C26H16FN3O5S2/c27-16-5-7-17(8-6-16)35-23-18(24(31)29-10-2-1-3-22(29)28-23)12-21-25(32)30(26(36)37-21)13-15-4-9-19-20(11-15)34-14-33-19/h1-12H,13-14H2/b21-12+. The van der Waals surface area contributed by atoms with Crippen molar-refractivity contribution in [1.29, 1.82) is 0 Å². The van der Waals surface area contributed by atoms with Crippen molar-refractivity contribution in [3.05, 3.63) is 99.1 Å². The van der Waals surface area contributed by atoms with Gasteiger partial charge >= 0.3 is 0 Å². The van der Waals surface area contributed by atoms with Gasteiger partial charge in [-0.3, -0.25) is 18.9 Å². The highest BCUT2D eigenvalue weighted by Crippen LogP contribution is 2.37. The molecule has 2 aromatic heterocycles. The zero-order valence-electron chi connectivity index (χ0n) is 18.9. The van der Waals surface area contributed by atoms with E-state index in [1.807, 2.05) is 6.07 Å². The first kappa shape index (κ1) is 23.2. The second-order valence-electron chi connectivity index (χ2n) is 8.08. The predicted molar refractivity (Wildman–Crippen MR) is 139 cm³/mol. The summed E-state index contributed by atoms with van der Waals surface area (Å²) in [6, 6.07) is 15.9. The molecule has 1 saturated heterocycles. The second-order valence-corrected chi connectivity index (χ2v) is 9.75. The van der Waals surface area contributed by atoms with E-state index in [0.717, 1.165) is 17.3 Å².